The number of aliphatic hydroxyl groups is 1. The molecular weight excluding hydrogens is 220 g/mol. The van der Waals surface area contributed by atoms with Gasteiger partial charge in [0.2, 0.25) is 0 Å². The molecule has 2 aromatic carbocycles. The van der Waals surface area contributed by atoms with Gasteiger partial charge in [-0.15, -0.1) is 0 Å². The van der Waals surface area contributed by atoms with Crippen LogP contribution < -0.4 is 0 Å². The van der Waals surface area contributed by atoms with Crippen LogP contribution in [0, 0.1) is 0 Å². The summed E-state index contributed by atoms with van der Waals surface area (Å²) in [5.41, 5.74) is 1.14. The minimum atomic E-state index is -0.892. The predicted molar refractivity (Wildman–Crippen MR) is 76.1 cm³/mol. The van der Waals surface area contributed by atoms with Gasteiger partial charge in [-0.1, -0.05) is 73.7 Å². The Morgan fingerprint density at radius 1 is 0.944 bits per heavy atom. The summed E-state index contributed by atoms with van der Waals surface area (Å²) in [7, 11) is 0. The van der Waals surface area contributed by atoms with Crippen LogP contribution in [0.4, 0.5) is 0 Å². The Balaban J connectivity index is 2.27. The molecule has 18 heavy (non-hydrogen) atoms. The van der Waals surface area contributed by atoms with Gasteiger partial charge in [-0.25, -0.2) is 0 Å². The van der Waals surface area contributed by atoms with Gasteiger partial charge in [0.25, 0.3) is 0 Å². The number of hydrogen-bond donors (Lipinski definition) is 1. The fourth-order valence-corrected chi connectivity index (χ4v) is 1.94. The van der Waals surface area contributed by atoms with Gasteiger partial charge < -0.3 is 5.11 Å². The molecule has 0 radical (unpaired) electrons. The molecule has 0 aliphatic heterocycles. The normalized spacial score (nSPS) is 14.6. The first-order valence-electron chi connectivity index (χ1n) is 6.27. The second-order valence-corrected chi connectivity index (χ2v) is 4.39. The molecule has 0 bridgehead atoms. The lowest BCUT2D eigenvalue weighted by Crippen LogP contribution is -2.21. The van der Waals surface area contributed by atoms with E-state index in [0.29, 0.717) is 6.42 Å². The van der Waals surface area contributed by atoms with Crippen molar-refractivity contribution in [3.8, 4) is 0 Å². The largest absolute Gasteiger partial charge is 0.381 e. The van der Waals surface area contributed by atoms with Crippen molar-refractivity contribution < 1.29 is 5.11 Å². The molecule has 0 saturated carbocycles. The highest BCUT2D eigenvalue weighted by molar-refractivity contribution is 5.51. The van der Waals surface area contributed by atoms with Crippen molar-refractivity contribution in [2.24, 2.45) is 0 Å². The smallest absolute Gasteiger partial charge is 0.108 e. The van der Waals surface area contributed by atoms with E-state index in [-0.39, 0.29) is 0 Å². The van der Waals surface area contributed by atoms with E-state index in [0.717, 1.165) is 11.1 Å². The zero-order valence-electron chi connectivity index (χ0n) is 10.6. The number of benzene rings is 2. The Morgan fingerprint density at radius 3 is 2.06 bits per heavy atom. The van der Waals surface area contributed by atoms with Gasteiger partial charge in [-0.05, 0) is 23.6 Å². The molecule has 1 nitrogen and oxygen atoms in total. The van der Waals surface area contributed by atoms with Crippen molar-refractivity contribution in [1.29, 1.82) is 0 Å². The van der Waals surface area contributed by atoms with Crippen molar-refractivity contribution >= 4 is 6.08 Å². The zero-order valence-corrected chi connectivity index (χ0v) is 10.6. The molecule has 2 aromatic rings. The van der Waals surface area contributed by atoms with Crippen molar-refractivity contribution in [3.63, 3.8) is 0 Å². The van der Waals surface area contributed by atoms with E-state index in [4.69, 9.17) is 0 Å². The number of rotatable bonds is 4. The first kappa shape index (κ1) is 12.6. The third-order valence-corrected chi connectivity index (χ3v) is 3.16. The molecule has 0 aliphatic rings. The van der Waals surface area contributed by atoms with Gasteiger partial charge in [0.1, 0.15) is 5.60 Å². The SMILES string of the molecule is CCC(O)(/C=C/c1ccccc1)c1ccccc1. The van der Waals surface area contributed by atoms with Crippen molar-refractivity contribution in [3.05, 3.63) is 77.9 Å². The Hall–Kier alpha value is -1.86. The quantitative estimate of drug-likeness (QED) is 0.853. The molecule has 0 spiro atoms. The summed E-state index contributed by atoms with van der Waals surface area (Å²) in [5.74, 6) is 0. The summed E-state index contributed by atoms with van der Waals surface area (Å²) in [6.07, 6.45) is 4.49. The first-order chi connectivity index (χ1) is 8.74. The molecular formula is C17H18O. The summed E-state index contributed by atoms with van der Waals surface area (Å²) in [6.45, 7) is 1.99. The minimum absolute atomic E-state index is 0.653. The van der Waals surface area contributed by atoms with Gasteiger partial charge in [0, 0.05) is 0 Å². The fraction of sp³-hybridized carbons (Fsp3) is 0.176. The molecule has 0 fully saturated rings. The van der Waals surface area contributed by atoms with Crippen molar-refractivity contribution in [1.82, 2.24) is 0 Å². The van der Waals surface area contributed by atoms with Gasteiger partial charge in [-0.2, -0.15) is 0 Å². The Labute approximate surface area is 108 Å². The molecule has 0 aromatic heterocycles. The first-order valence-corrected chi connectivity index (χ1v) is 6.27. The van der Waals surface area contributed by atoms with Crippen LogP contribution in [-0.4, -0.2) is 5.11 Å². The molecule has 1 heteroatoms. The summed E-state index contributed by atoms with van der Waals surface area (Å²) < 4.78 is 0. The lowest BCUT2D eigenvalue weighted by atomic mass is 9.90. The summed E-state index contributed by atoms with van der Waals surface area (Å²) >= 11 is 0. The van der Waals surface area contributed by atoms with E-state index >= 15 is 0 Å². The summed E-state index contributed by atoms with van der Waals surface area (Å²) in [5, 5.41) is 10.7. The maximum absolute atomic E-state index is 10.7. The van der Waals surface area contributed by atoms with Crippen LogP contribution in [0.1, 0.15) is 24.5 Å². The average Bonchev–Trinajstić information content (AvgIpc) is 2.47. The lowest BCUT2D eigenvalue weighted by molar-refractivity contribution is 0.0861. The van der Waals surface area contributed by atoms with Crippen LogP contribution >= 0.6 is 0 Å². The molecule has 2 rings (SSSR count). The highest BCUT2D eigenvalue weighted by Gasteiger charge is 2.22. The van der Waals surface area contributed by atoms with E-state index < -0.39 is 5.60 Å². The molecule has 0 saturated heterocycles. The maximum atomic E-state index is 10.7. The monoisotopic (exact) mass is 238 g/mol. The Kier molecular flexibility index (Phi) is 3.96. The third kappa shape index (κ3) is 2.88. The molecule has 0 heterocycles. The maximum Gasteiger partial charge on any atom is 0.108 e. The average molecular weight is 238 g/mol. The topological polar surface area (TPSA) is 20.2 Å². The fourth-order valence-electron chi connectivity index (χ4n) is 1.94. The molecule has 1 atom stereocenters. The van der Waals surface area contributed by atoms with E-state index in [2.05, 4.69) is 0 Å². The van der Waals surface area contributed by atoms with Crippen LogP contribution in [0.2, 0.25) is 0 Å². The Morgan fingerprint density at radius 2 is 1.50 bits per heavy atom. The van der Waals surface area contributed by atoms with Gasteiger partial charge >= 0.3 is 0 Å². The zero-order chi connectivity index (χ0) is 12.8. The second-order valence-electron chi connectivity index (χ2n) is 4.39. The van der Waals surface area contributed by atoms with Crippen LogP contribution in [0.5, 0.6) is 0 Å². The van der Waals surface area contributed by atoms with Crippen LogP contribution in [0.3, 0.4) is 0 Å². The predicted octanol–water partition coefficient (Wildman–Crippen LogP) is 4.00. The number of hydrogen-bond acceptors (Lipinski definition) is 1. The standard InChI is InChI=1S/C17H18O/c1-2-17(18,16-11-7-4-8-12-16)14-13-15-9-5-3-6-10-15/h3-14,18H,2H2,1H3/b14-13+. The van der Waals surface area contributed by atoms with Crippen molar-refractivity contribution in [2.45, 2.75) is 18.9 Å². The van der Waals surface area contributed by atoms with E-state index in [1.807, 2.05) is 79.7 Å². The van der Waals surface area contributed by atoms with E-state index in [1.54, 1.807) is 0 Å². The molecule has 1 unspecified atom stereocenters. The summed E-state index contributed by atoms with van der Waals surface area (Å²) in [6, 6.07) is 19.8. The highest BCUT2D eigenvalue weighted by atomic mass is 16.3. The third-order valence-electron chi connectivity index (χ3n) is 3.16. The highest BCUT2D eigenvalue weighted by Crippen LogP contribution is 2.27. The molecule has 92 valence electrons. The summed E-state index contributed by atoms with van der Waals surface area (Å²) in [4.78, 5) is 0. The van der Waals surface area contributed by atoms with Crippen LogP contribution in [-0.2, 0) is 5.60 Å². The minimum Gasteiger partial charge on any atom is -0.381 e. The van der Waals surface area contributed by atoms with Crippen LogP contribution in [0.15, 0.2) is 66.7 Å². The van der Waals surface area contributed by atoms with Crippen molar-refractivity contribution in [2.75, 3.05) is 0 Å². The van der Waals surface area contributed by atoms with Gasteiger partial charge in [0.15, 0.2) is 0 Å². The lowest BCUT2D eigenvalue weighted by Gasteiger charge is -2.23. The van der Waals surface area contributed by atoms with Gasteiger partial charge in [0.05, 0.1) is 0 Å². The Bertz CT molecular complexity index is 502. The van der Waals surface area contributed by atoms with E-state index in [1.165, 1.54) is 0 Å². The van der Waals surface area contributed by atoms with Gasteiger partial charge in [-0.3, -0.25) is 0 Å². The molecule has 0 aliphatic carbocycles. The molecule has 0 amide bonds. The van der Waals surface area contributed by atoms with E-state index in [9.17, 15) is 5.11 Å². The second kappa shape index (κ2) is 5.65. The molecule has 1 N–H and O–H groups in total. The van der Waals surface area contributed by atoms with Crippen LogP contribution in [0.25, 0.3) is 6.08 Å².